The van der Waals surface area contributed by atoms with E-state index in [2.05, 4.69) is 5.32 Å². The molecule has 0 aliphatic heterocycles. The maximum Gasteiger partial charge on any atom is 0.220 e. The Morgan fingerprint density at radius 2 is 2.05 bits per heavy atom. The number of benzene rings is 1. The molecule has 118 valence electrons. The van der Waals surface area contributed by atoms with Gasteiger partial charge in [-0.1, -0.05) is 29.3 Å². The Kier molecular flexibility index (Phi) is 6.94. The minimum atomic E-state index is -0.947. The summed E-state index contributed by atoms with van der Waals surface area (Å²) in [6.45, 7) is 2.40. The van der Waals surface area contributed by atoms with Gasteiger partial charge in [0.1, 0.15) is 0 Å². The van der Waals surface area contributed by atoms with Gasteiger partial charge < -0.3 is 15.3 Å². The smallest absolute Gasteiger partial charge is 0.220 e. The first kappa shape index (κ1) is 18.2. The van der Waals surface area contributed by atoms with Gasteiger partial charge in [0.2, 0.25) is 5.91 Å². The highest BCUT2D eigenvalue weighted by atomic mass is 35.5. The zero-order valence-corrected chi connectivity index (χ0v) is 14.1. The Bertz CT molecular complexity index is 491. The van der Waals surface area contributed by atoms with Gasteiger partial charge in [0, 0.05) is 29.6 Å². The number of amides is 1. The molecule has 0 fully saturated rings. The highest BCUT2D eigenvalue weighted by Gasteiger charge is 2.21. The van der Waals surface area contributed by atoms with Crippen LogP contribution in [0.25, 0.3) is 0 Å². The summed E-state index contributed by atoms with van der Waals surface area (Å²) in [6.07, 6.45) is 0.858. The summed E-state index contributed by atoms with van der Waals surface area (Å²) in [4.78, 5) is 13.7. The molecule has 0 saturated heterocycles. The van der Waals surface area contributed by atoms with Gasteiger partial charge in [0.15, 0.2) is 0 Å². The lowest BCUT2D eigenvalue weighted by Crippen LogP contribution is -2.47. The first-order chi connectivity index (χ1) is 9.69. The van der Waals surface area contributed by atoms with E-state index in [0.717, 1.165) is 5.56 Å². The lowest BCUT2D eigenvalue weighted by atomic mass is 10.1. The maximum atomic E-state index is 11.8. The SMILES string of the molecule is CN(C)CC(C)(O)CNC(=O)CCc1ccc(Cl)cc1Cl. The number of halogens is 2. The van der Waals surface area contributed by atoms with Crippen molar-refractivity contribution in [3.8, 4) is 0 Å². The van der Waals surface area contributed by atoms with Crippen molar-refractivity contribution in [2.45, 2.75) is 25.4 Å². The van der Waals surface area contributed by atoms with Crippen LogP contribution in [0, 0.1) is 0 Å². The third-order valence-electron chi connectivity index (χ3n) is 2.96. The van der Waals surface area contributed by atoms with E-state index in [9.17, 15) is 9.90 Å². The van der Waals surface area contributed by atoms with Crippen LogP contribution in [0.3, 0.4) is 0 Å². The Hall–Kier alpha value is -0.810. The fourth-order valence-electron chi connectivity index (χ4n) is 2.09. The van der Waals surface area contributed by atoms with Crippen molar-refractivity contribution in [3.05, 3.63) is 33.8 Å². The molecule has 6 heteroatoms. The monoisotopic (exact) mass is 332 g/mol. The van der Waals surface area contributed by atoms with Crippen LogP contribution < -0.4 is 5.32 Å². The summed E-state index contributed by atoms with van der Waals surface area (Å²) < 4.78 is 0. The highest BCUT2D eigenvalue weighted by Crippen LogP contribution is 2.22. The zero-order valence-electron chi connectivity index (χ0n) is 12.6. The van der Waals surface area contributed by atoms with Gasteiger partial charge in [-0.3, -0.25) is 4.79 Å². The van der Waals surface area contributed by atoms with Gasteiger partial charge in [-0.2, -0.15) is 0 Å². The second-order valence-corrected chi connectivity index (χ2v) is 6.59. The largest absolute Gasteiger partial charge is 0.387 e. The van der Waals surface area contributed by atoms with E-state index in [0.29, 0.717) is 29.4 Å². The molecule has 21 heavy (non-hydrogen) atoms. The van der Waals surface area contributed by atoms with Gasteiger partial charge in [0.05, 0.1) is 5.60 Å². The van der Waals surface area contributed by atoms with Crippen LogP contribution in [0.4, 0.5) is 0 Å². The molecule has 0 bridgehead atoms. The van der Waals surface area contributed by atoms with Gasteiger partial charge in [-0.05, 0) is 45.1 Å². The van der Waals surface area contributed by atoms with Gasteiger partial charge in [0.25, 0.3) is 0 Å². The van der Waals surface area contributed by atoms with Crippen molar-refractivity contribution in [2.24, 2.45) is 0 Å². The summed E-state index contributed by atoms with van der Waals surface area (Å²) in [5.41, 5.74) is -0.0619. The average molecular weight is 333 g/mol. The molecule has 0 spiro atoms. The number of aliphatic hydroxyl groups is 1. The topological polar surface area (TPSA) is 52.6 Å². The summed E-state index contributed by atoms with van der Waals surface area (Å²) in [5, 5.41) is 14.0. The lowest BCUT2D eigenvalue weighted by Gasteiger charge is -2.27. The molecular weight excluding hydrogens is 311 g/mol. The zero-order chi connectivity index (χ0) is 16.0. The van der Waals surface area contributed by atoms with E-state index in [4.69, 9.17) is 23.2 Å². The van der Waals surface area contributed by atoms with Gasteiger partial charge in [-0.15, -0.1) is 0 Å². The van der Waals surface area contributed by atoms with Crippen LogP contribution in [0.1, 0.15) is 18.9 Å². The summed E-state index contributed by atoms with van der Waals surface area (Å²) in [7, 11) is 3.75. The van der Waals surface area contributed by atoms with Crippen molar-refractivity contribution in [1.29, 1.82) is 0 Å². The number of aryl methyl sites for hydroxylation is 1. The van der Waals surface area contributed by atoms with Crippen LogP contribution in [0.2, 0.25) is 10.0 Å². The number of nitrogens with zero attached hydrogens (tertiary/aromatic N) is 1. The van der Waals surface area contributed by atoms with Crippen molar-refractivity contribution >= 4 is 29.1 Å². The van der Waals surface area contributed by atoms with Crippen molar-refractivity contribution < 1.29 is 9.90 Å². The molecule has 0 heterocycles. The molecule has 1 amide bonds. The number of carbonyl (C=O) groups is 1. The Balaban J connectivity index is 2.41. The molecule has 0 radical (unpaired) electrons. The number of rotatable bonds is 7. The van der Waals surface area contributed by atoms with E-state index in [1.807, 2.05) is 25.1 Å². The third-order valence-corrected chi connectivity index (χ3v) is 3.55. The van der Waals surface area contributed by atoms with Gasteiger partial charge in [-0.25, -0.2) is 0 Å². The summed E-state index contributed by atoms with van der Waals surface area (Å²) in [6, 6.07) is 5.24. The Morgan fingerprint density at radius 1 is 1.38 bits per heavy atom. The van der Waals surface area contributed by atoms with E-state index in [1.54, 1.807) is 19.1 Å². The summed E-state index contributed by atoms with van der Waals surface area (Å²) >= 11 is 11.9. The number of nitrogens with one attached hydrogen (secondary N) is 1. The second kappa shape index (κ2) is 7.99. The second-order valence-electron chi connectivity index (χ2n) is 5.75. The molecular formula is C15H22Cl2N2O2. The Labute approximate surface area is 136 Å². The lowest BCUT2D eigenvalue weighted by molar-refractivity contribution is -0.122. The standard InChI is InChI=1S/C15H22Cl2N2O2/c1-15(21,10-19(2)3)9-18-14(20)7-5-11-4-6-12(16)8-13(11)17/h4,6,8,21H,5,7,9-10H2,1-3H3,(H,18,20). The molecule has 1 rings (SSSR count). The maximum absolute atomic E-state index is 11.8. The van der Waals surface area contributed by atoms with Crippen LogP contribution >= 0.6 is 23.2 Å². The molecule has 1 atom stereocenters. The molecule has 0 aliphatic carbocycles. The number of likely N-dealkylation sites (N-methyl/N-ethyl adjacent to an activating group) is 1. The van der Waals surface area contributed by atoms with E-state index >= 15 is 0 Å². The fourth-order valence-corrected chi connectivity index (χ4v) is 2.59. The van der Waals surface area contributed by atoms with E-state index < -0.39 is 5.60 Å². The number of hydrogen-bond acceptors (Lipinski definition) is 3. The van der Waals surface area contributed by atoms with Crippen LogP contribution in [0.5, 0.6) is 0 Å². The molecule has 1 aromatic carbocycles. The number of carbonyl (C=O) groups excluding carboxylic acids is 1. The van der Waals surface area contributed by atoms with E-state index in [1.165, 1.54) is 0 Å². The predicted molar refractivity (Wildman–Crippen MR) is 87.0 cm³/mol. The molecule has 4 nitrogen and oxygen atoms in total. The predicted octanol–water partition coefficient (Wildman–Crippen LogP) is 2.35. The van der Waals surface area contributed by atoms with Crippen LogP contribution in [-0.2, 0) is 11.2 Å². The Morgan fingerprint density at radius 3 is 2.62 bits per heavy atom. The minimum Gasteiger partial charge on any atom is -0.387 e. The first-order valence-electron chi connectivity index (χ1n) is 6.77. The molecule has 0 aromatic heterocycles. The molecule has 1 aromatic rings. The average Bonchev–Trinajstić information content (AvgIpc) is 2.34. The van der Waals surface area contributed by atoms with E-state index in [-0.39, 0.29) is 12.5 Å². The van der Waals surface area contributed by atoms with Crippen molar-refractivity contribution in [1.82, 2.24) is 10.2 Å². The third kappa shape index (κ3) is 7.14. The molecule has 0 saturated carbocycles. The quantitative estimate of drug-likeness (QED) is 0.805. The molecule has 0 aliphatic rings. The van der Waals surface area contributed by atoms with Crippen molar-refractivity contribution in [2.75, 3.05) is 27.2 Å². The normalized spacial score (nSPS) is 14.0. The van der Waals surface area contributed by atoms with Crippen LogP contribution in [0.15, 0.2) is 18.2 Å². The van der Waals surface area contributed by atoms with Crippen LogP contribution in [-0.4, -0.2) is 48.7 Å². The molecule has 2 N–H and O–H groups in total. The van der Waals surface area contributed by atoms with Crippen molar-refractivity contribution in [3.63, 3.8) is 0 Å². The molecule has 1 unspecified atom stereocenters. The minimum absolute atomic E-state index is 0.111. The fraction of sp³-hybridized carbons (Fsp3) is 0.533. The highest BCUT2D eigenvalue weighted by molar-refractivity contribution is 6.35. The summed E-state index contributed by atoms with van der Waals surface area (Å²) in [5.74, 6) is -0.111. The van der Waals surface area contributed by atoms with Gasteiger partial charge >= 0.3 is 0 Å². The first-order valence-corrected chi connectivity index (χ1v) is 7.53. The number of hydrogen-bond donors (Lipinski definition) is 2.